The molecular weight excluding hydrogens is 385 g/mol. The van der Waals surface area contributed by atoms with Gasteiger partial charge in [0.15, 0.2) is 0 Å². The molecule has 0 atom stereocenters. The molecule has 0 aliphatic heterocycles. The van der Waals surface area contributed by atoms with Gasteiger partial charge in [0.25, 0.3) is 5.91 Å². The van der Waals surface area contributed by atoms with Crippen molar-refractivity contribution in [1.29, 1.82) is 0 Å². The zero-order chi connectivity index (χ0) is 19.7. The van der Waals surface area contributed by atoms with Crippen molar-refractivity contribution < 1.29 is 31.1 Å². The van der Waals surface area contributed by atoms with E-state index in [9.17, 15) is 26.4 Å². The van der Waals surface area contributed by atoms with Crippen LogP contribution in [0.4, 0.5) is 18.9 Å². The Morgan fingerprint density at radius 3 is 2.44 bits per heavy atom. The largest absolute Gasteiger partial charge is 0.573 e. The van der Waals surface area contributed by atoms with E-state index in [1.807, 2.05) is 0 Å². The van der Waals surface area contributed by atoms with Crippen LogP contribution < -0.4 is 14.8 Å². The van der Waals surface area contributed by atoms with Crippen molar-refractivity contribution in [2.75, 3.05) is 5.32 Å². The molecule has 1 aliphatic carbocycles. The number of benzene rings is 2. The van der Waals surface area contributed by atoms with Crippen LogP contribution in [-0.4, -0.2) is 26.7 Å². The van der Waals surface area contributed by atoms with Gasteiger partial charge in [-0.3, -0.25) is 4.79 Å². The molecule has 0 bridgehead atoms. The average Bonchev–Trinajstić information content (AvgIpc) is 3.37. The maximum atomic E-state index is 12.3. The van der Waals surface area contributed by atoms with E-state index in [-0.39, 0.29) is 22.2 Å². The van der Waals surface area contributed by atoms with Crippen molar-refractivity contribution in [3.05, 3.63) is 54.1 Å². The smallest absolute Gasteiger partial charge is 0.406 e. The lowest BCUT2D eigenvalue weighted by Gasteiger charge is -2.11. The normalized spacial score (nSPS) is 14.6. The Kier molecular flexibility index (Phi) is 5.11. The van der Waals surface area contributed by atoms with Crippen molar-refractivity contribution in [2.24, 2.45) is 0 Å². The predicted octanol–water partition coefficient (Wildman–Crippen LogP) is 3.28. The van der Waals surface area contributed by atoms with Gasteiger partial charge in [-0.1, -0.05) is 12.1 Å². The Balaban J connectivity index is 1.75. The Labute approximate surface area is 153 Å². The number of rotatable bonds is 6. The fourth-order valence-corrected chi connectivity index (χ4v) is 3.62. The lowest BCUT2D eigenvalue weighted by Crippen LogP contribution is -2.26. The Morgan fingerprint density at radius 1 is 1.07 bits per heavy atom. The molecule has 0 radical (unpaired) electrons. The number of hydrogen-bond donors (Lipinski definition) is 2. The minimum Gasteiger partial charge on any atom is -0.406 e. The molecule has 3 rings (SSSR count). The van der Waals surface area contributed by atoms with Gasteiger partial charge in [-0.25, -0.2) is 13.1 Å². The number of hydrogen-bond acceptors (Lipinski definition) is 4. The van der Waals surface area contributed by atoms with E-state index >= 15 is 0 Å². The summed E-state index contributed by atoms with van der Waals surface area (Å²) >= 11 is 0. The Hall–Kier alpha value is -2.59. The van der Waals surface area contributed by atoms with Crippen LogP contribution in [-0.2, 0) is 10.0 Å². The van der Waals surface area contributed by atoms with Crippen molar-refractivity contribution >= 4 is 21.6 Å². The standard InChI is InChI=1S/C17H15F3N2O4S/c18-17(19,20)26-14-5-2-4-13(10-14)21-16(23)11-3-1-6-15(9-11)27(24,25)22-12-7-8-12/h1-6,9-10,12,22H,7-8H2,(H,21,23). The van der Waals surface area contributed by atoms with Crippen molar-refractivity contribution in [1.82, 2.24) is 4.72 Å². The van der Waals surface area contributed by atoms with Crippen LogP contribution in [0, 0.1) is 0 Å². The predicted molar refractivity (Wildman–Crippen MR) is 90.9 cm³/mol. The van der Waals surface area contributed by atoms with Gasteiger partial charge in [0.05, 0.1) is 4.90 Å². The van der Waals surface area contributed by atoms with E-state index in [1.165, 1.54) is 36.4 Å². The molecule has 1 fully saturated rings. The van der Waals surface area contributed by atoms with Crippen LogP contribution in [0.25, 0.3) is 0 Å². The first-order chi connectivity index (χ1) is 12.6. The monoisotopic (exact) mass is 400 g/mol. The zero-order valence-corrected chi connectivity index (χ0v) is 14.6. The molecule has 0 heterocycles. The Morgan fingerprint density at radius 2 is 1.78 bits per heavy atom. The van der Waals surface area contributed by atoms with Crippen LogP contribution in [0.5, 0.6) is 5.75 Å². The molecule has 0 saturated heterocycles. The highest BCUT2D eigenvalue weighted by Gasteiger charge is 2.31. The fourth-order valence-electron chi connectivity index (χ4n) is 2.27. The molecule has 2 N–H and O–H groups in total. The number of carbonyl (C=O) groups is 1. The van der Waals surface area contributed by atoms with E-state index in [1.54, 1.807) is 0 Å². The fraction of sp³-hybridized carbons (Fsp3) is 0.235. The quantitative estimate of drug-likeness (QED) is 0.780. The number of alkyl halides is 3. The summed E-state index contributed by atoms with van der Waals surface area (Å²) in [7, 11) is -3.73. The number of halogens is 3. The number of sulfonamides is 1. The van der Waals surface area contributed by atoms with Crippen LogP contribution in [0.3, 0.4) is 0 Å². The second kappa shape index (κ2) is 7.20. The molecule has 1 aliphatic rings. The van der Waals surface area contributed by atoms with Crippen molar-refractivity contribution in [3.63, 3.8) is 0 Å². The molecule has 2 aromatic rings. The summed E-state index contributed by atoms with van der Waals surface area (Å²) in [6.07, 6.45) is -3.30. The molecule has 0 unspecified atom stereocenters. The molecule has 27 heavy (non-hydrogen) atoms. The molecule has 6 nitrogen and oxygen atoms in total. The number of anilines is 1. The summed E-state index contributed by atoms with van der Waals surface area (Å²) in [4.78, 5) is 12.3. The van der Waals surface area contributed by atoms with Gasteiger partial charge >= 0.3 is 6.36 Å². The second-order valence-electron chi connectivity index (χ2n) is 5.95. The lowest BCUT2D eigenvalue weighted by atomic mass is 10.2. The SMILES string of the molecule is O=C(Nc1cccc(OC(F)(F)F)c1)c1cccc(S(=O)(=O)NC2CC2)c1. The van der Waals surface area contributed by atoms with E-state index in [4.69, 9.17) is 0 Å². The highest BCUT2D eigenvalue weighted by molar-refractivity contribution is 7.89. The molecule has 1 amide bonds. The molecule has 2 aromatic carbocycles. The number of amides is 1. The molecule has 144 valence electrons. The summed E-state index contributed by atoms with van der Waals surface area (Å²) in [5, 5.41) is 2.41. The molecule has 10 heteroatoms. The van der Waals surface area contributed by atoms with Crippen LogP contribution in [0.1, 0.15) is 23.2 Å². The second-order valence-corrected chi connectivity index (χ2v) is 7.67. The summed E-state index contributed by atoms with van der Waals surface area (Å²) in [6, 6.07) is 10.1. The minimum atomic E-state index is -4.85. The van der Waals surface area contributed by atoms with E-state index in [2.05, 4.69) is 14.8 Å². The maximum Gasteiger partial charge on any atom is 0.573 e. The van der Waals surface area contributed by atoms with Crippen LogP contribution >= 0.6 is 0 Å². The van der Waals surface area contributed by atoms with Gasteiger partial charge in [0, 0.05) is 23.4 Å². The first-order valence-electron chi connectivity index (χ1n) is 7.92. The van der Waals surface area contributed by atoms with Gasteiger partial charge in [0.2, 0.25) is 10.0 Å². The van der Waals surface area contributed by atoms with Gasteiger partial charge in [0.1, 0.15) is 5.75 Å². The third-order valence-corrected chi connectivity index (χ3v) is 5.15. The van der Waals surface area contributed by atoms with E-state index < -0.39 is 28.0 Å². The van der Waals surface area contributed by atoms with Crippen molar-refractivity contribution in [3.8, 4) is 5.75 Å². The van der Waals surface area contributed by atoms with Gasteiger partial charge in [-0.15, -0.1) is 13.2 Å². The summed E-state index contributed by atoms with van der Waals surface area (Å²) in [5.41, 5.74) is 0.127. The molecule has 1 saturated carbocycles. The van der Waals surface area contributed by atoms with E-state index in [0.717, 1.165) is 25.0 Å². The van der Waals surface area contributed by atoms with Crippen LogP contribution in [0.2, 0.25) is 0 Å². The summed E-state index contributed by atoms with van der Waals surface area (Å²) < 4.78 is 67.6. The molecule has 0 spiro atoms. The van der Waals surface area contributed by atoms with Crippen molar-refractivity contribution in [2.45, 2.75) is 30.1 Å². The minimum absolute atomic E-state index is 0.0517. The molecule has 0 aromatic heterocycles. The first-order valence-corrected chi connectivity index (χ1v) is 9.40. The number of nitrogens with one attached hydrogen (secondary N) is 2. The van der Waals surface area contributed by atoms with Gasteiger partial charge < -0.3 is 10.1 Å². The zero-order valence-electron chi connectivity index (χ0n) is 13.8. The third-order valence-electron chi connectivity index (χ3n) is 3.63. The summed E-state index contributed by atoms with van der Waals surface area (Å²) in [6.45, 7) is 0. The summed E-state index contributed by atoms with van der Waals surface area (Å²) in [5.74, 6) is -1.15. The van der Waals surface area contributed by atoms with Gasteiger partial charge in [-0.05, 0) is 43.2 Å². The average molecular weight is 400 g/mol. The van der Waals surface area contributed by atoms with E-state index in [0.29, 0.717) is 0 Å². The topological polar surface area (TPSA) is 84.5 Å². The Bertz CT molecular complexity index is 957. The highest BCUT2D eigenvalue weighted by atomic mass is 32.2. The van der Waals surface area contributed by atoms with Crippen LogP contribution in [0.15, 0.2) is 53.4 Å². The third kappa shape index (κ3) is 5.44. The maximum absolute atomic E-state index is 12.3. The first kappa shape index (κ1) is 19.2. The molecular formula is C17H15F3N2O4S. The number of ether oxygens (including phenoxy) is 1. The lowest BCUT2D eigenvalue weighted by molar-refractivity contribution is -0.274. The highest BCUT2D eigenvalue weighted by Crippen LogP contribution is 2.26. The van der Waals surface area contributed by atoms with Gasteiger partial charge in [-0.2, -0.15) is 0 Å². The number of carbonyl (C=O) groups excluding carboxylic acids is 1.